The molecule has 1 rings (SSSR count). The minimum atomic E-state index is -0.167. The number of rotatable bonds is 1. The van der Waals surface area contributed by atoms with E-state index in [1.54, 1.807) is 0 Å². The molecule has 1 aliphatic carbocycles. The molecule has 3 nitrogen and oxygen atoms in total. The maximum Gasteiger partial charge on any atom is 0.308 e. The number of carbonyl (C=O) groups is 1. The SMILES string of the molecule is COC(=O)C1CC=C(C#N)C(C)C1. The van der Waals surface area contributed by atoms with Crippen molar-refractivity contribution in [3.63, 3.8) is 0 Å². The summed E-state index contributed by atoms with van der Waals surface area (Å²) in [6.07, 6.45) is 3.21. The number of hydrogen-bond acceptors (Lipinski definition) is 3. The van der Waals surface area contributed by atoms with Crippen LogP contribution in [0.2, 0.25) is 0 Å². The van der Waals surface area contributed by atoms with E-state index in [1.807, 2.05) is 13.0 Å². The number of methoxy groups -OCH3 is 1. The molecule has 1 aliphatic rings. The van der Waals surface area contributed by atoms with E-state index in [9.17, 15) is 4.79 Å². The van der Waals surface area contributed by atoms with Crippen LogP contribution in [0.25, 0.3) is 0 Å². The number of hydrogen-bond donors (Lipinski definition) is 0. The van der Waals surface area contributed by atoms with Crippen molar-refractivity contribution in [2.24, 2.45) is 11.8 Å². The predicted molar refractivity (Wildman–Crippen MR) is 47.6 cm³/mol. The Morgan fingerprint density at radius 2 is 2.46 bits per heavy atom. The monoisotopic (exact) mass is 179 g/mol. The van der Waals surface area contributed by atoms with Gasteiger partial charge < -0.3 is 4.74 Å². The molecule has 3 heteroatoms. The van der Waals surface area contributed by atoms with Gasteiger partial charge in [0, 0.05) is 5.57 Å². The van der Waals surface area contributed by atoms with Crippen LogP contribution in [0.5, 0.6) is 0 Å². The Kier molecular flexibility index (Phi) is 3.07. The number of allylic oxidation sites excluding steroid dienone is 2. The number of ether oxygens (including phenoxy) is 1. The van der Waals surface area contributed by atoms with Crippen molar-refractivity contribution < 1.29 is 9.53 Å². The quantitative estimate of drug-likeness (QED) is 0.575. The average molecular weight is 179 g/mol. The maximum absolute atomic E-state index is 11.2. The summed E-state index contributed by atoms with van der Waals surface area (Å²) < 4.78 is 4.66. The summed E-state index contributed by atoms with van der Waals surface area (Å²) in [5.74, 6) is -0.0416. The van der Waals surface area contributed by atoms with Crippen molar-refractivity contribution in [2.75, 3.05) is 7.11 Å². The van der Waals surface area contributed by atoms with Gasteiger partial charge in [-0.2, -0.15) is 5.26 Å². The van der Waals surface area contributed by atoms with Crippen LogP contribution < -0.4 is 0 Å². The van der Waals surface area contributed by atoms with E-state index in [1.165, 1.54) is 7.11 Å². The minimum absolute atomic E-state index is 0.0582. The molecule has 0 fully saturated rings. The van der Waals surface area contributed by atoms with Gasteiger partial charge in [-0.1, -0.05) is 13.0 Å². The summed E-state index contributed by atoms with van der Waals surface area (Å²) in [5.41, 5.74) is 0.792. The first-order chi connectivity index (χ1) is 6.19. The van der Waals surface area contributed by atoms with Gasteiger partial charge in [0.05, 0.1) is 19.1 Å². The second-order valence-corrected chi connectivity index (χ2v) is 3.36. The fourth-order valence-corrected chi connectivity index (χ4v) is 1.64. The van der Waals surface area contributed by atoms with Gasteiger partial charge in [0.2, 0.25) is 0 Å². The van der Waals surface area contributed by atoms with Gasteiger partial charge in [0.1, 0.15) is 0 Å². The second kappa shape index (κ2) is 4.08. The van der Waals surface area contributed by atoms with E-state index in [4.69, 9.17) is 5.26 Å². The normalized spacial score (nSPS) is 27.3. The fourth-order valence-electron chi connectivity index (χ4n) is 1.64. The molecule has 0 spiro atoms. The number of carbonyl (C=O) groups excluding carboxylic acids is 1. The zero-order valence-corrected chi connectivity index (χ0v) is 7.91. The summed E-state index contributed by atoms with van der Waals surface area (Å²) in [6, 6.07) is 2.14. The third kappa shape index (κ3) is 2.09. The summed E-state index contributed by atoms with van der Waals surface area (Å²) in [6.45, 7) is 1.96. The molecule has 13 heavy (non-hydrogen) atoms. The van der Waals surface area contributed by atoms with Crippen molar-refractivity contribution in [1.82, 2.24) is 0 Å². The Morgan fingerprint density at radius 3 is 2.92 bits per heavy atom. The van der Waals surface area contributed by atoms with E-state index in [0.717, 1.165) is 12.0 Å². The lowest BCUT2D eigenvalue weighted by Gasteiger charge is -2.22. The van der Waals surface area contributed by atoms with Crippen LogP contribution >= 0.6 is 0 Å². The summed E-state index contributed by atoms with van der Waals surface area (Å²) in [4.78, 5) is 11.2. The third-order valence-electron chi connectivity index (χ3n) is 2.45. The number of esters is 1. The van der Waals surface area contributed by atoms with Gasteiger partial charge in [-0.3, -0.25) is 4.79 Å². The zero-order valence-electron chi connectivity index (χ0n) is 7.91. The van der Waals surface area contributed by atoms with Crippen LogP contribution in [0, 0.1) is 23.2 Å². The first-order valence-electron chi connectivity index (χ1n) is 4.37. The molecule has 70 valence electrons. The van der Waals surface area contributed by atoms with Crippen LogP contribution in [0.1, 0.15) is 19.8 Å². The van der Waals surface area contributed by atoms with Crippen molar-refractivity contribution in [1.29, 1.82) is 5.26 Å². The molecular weight excluding hydrogens is 166 g/mol. The van der Waals surface area contributed by atoms with Crippen LogP contribution in [-0.4, -0.2) is 13.1 Å². The van der Waals surface area contributed by atoms with Gasteiger partial charge in [0.15, 0.2) is 0 Å². The molecule has 0 bridgehead atoms. The zero-order chi connectivity index (χ0) is 9.84. The molecule has 0 aliphatic heterocycles. The molecule has 0 aromatic heterocycles. The number of nitriles is 1. The third-order valence-corrected chi connectivity index (χ3v) is 2.45. The highest BCUT2D eigenvalue weighted by molar-refractivity contribution is 5.72. The Bertz CT molecular complexity index is 275. The van der Waals surface area contributed by atoms with Crippen LogP contribution in [0.3, 0.4) is 0 Å². The van der Waals surface area contributed by atoms with Gasteiger partial charge >= 0.3 is 5.97 Å². The fraction of sp³-hybridized carbons (Fsp3) is 0.600. The van der Waals surface area contributed by atoms with Crippen LogP contribution in [0.15, 0.2) is 11.6 Å². The molecular formula is C10H13NO2. The molecule has 0 N–H and O–H groups in total. The Balaban J connectivity index is 2.67. The molecule has 0 aromatic rings. The highest BCUT2D eigenvalue weighted by Crippen LogP contribution is 2.28. The van der Waals surface area contributed by atoms with Gasteiger partial charge in [-0.25, -0.2) is 0 Å². The van der Waals surface area contributed by atoms with Gasteiger partial charge in [-0.05, 0) is 18.8 Å². The summed E-state index contributed by atoms with van der Waals surface area (Å²) in [5, 5.41) is 8.71. The topological polar surface area (TPSA) is 50.1 Å². The molecule has 0 aromatic carbocycles. The Morgan fingerprint density at radius 1 is 1.77 bits per heavy atom. The first kappa shape index (κ1) is 9.79. The lowest BCUT2D eigenvalue weighted by Crippen LogP contribution is -2.22. The first-order valence-corrected chi connectivity index (χ1v) is 4.37. The summed E-state index contributed by atoms with van der Waals surface area (Å²) >= 11 is 0. The predicted octanol–water partition coefficient (Wildman–Crippen LogP) is 1.66. The smallest absolute Gasteiger partial charge is 0.308 e. The number of nitrogens with zero attached hydrogens (tertiary/aromatic N) is 1. The minimum Gasteiger partial charge on any atom is -0.469 e. The highest BCUT2D eigenvalue weighted by Gasteiger charge is 2.26. The van der Waals surface area contributed by atoms with Crippen LogP contribution in [-0.2, 0) is 9.53 Å². The largest absolute Gasteiger partial charge is 0.469 e. The molecule has 0 saturated carbocycles. The lowest BCUT2D eigenvalue weighted by molar-refractivity contribution is -0.146. The average Bonchev–Trinajstić information content (AvgIpc) is 2.16. The van der Waals surface area contributed by atoms with Crippen molar-refractivity contribution in [2.45, 2.75) is 19.8 Å². The van der Waals surface area contributed by atoms with Gasteiger partial charge in [-0.15, -0.1) is 0 Å². The molecule has 2 unspecified atom stereocenters. The maximum atomic E-state index is 11.2. The van der Waals surface area contributed by atoms with Crippen molar-refractivity contribution in [3.05, 3.63) is 11.6 Å². The standard InChI is InChI=1S/C10H13NO2/c1-7-5-8(10(12)13-2)3-4-9(7)6-11/h4,7-8H,3,5H2,1-2H3. The highest BCUT2D eigenvalue weighted by atomic mass is 16.5. The molecule has 0 amide bonds. The van der Waals surface area contributed by atoms with Crippen molar-refractivity contribution in [3.8, 4) is 6.07 Å². The Labute approximate surface area is 78.0 Å². The molecule has 0 radical (unpaired) electrons. The lowest BCUT2D eigenvalue weighted by atomic mass is 9.83. The van der Waals surface area contributed by atoms with E-state index in [-0.39, 0.29) is 17.8 Å². The molecule has 0 heterocycles. The van der Waals surface area contributed by atoms with Gasteiger partial charge in [0.25, 0.3) is 0 Å². The van der Waals surface area contributed by atoms with E-state index < -0.39 is 0 Å². The van der Waals surface area contributed by atoms with E-state index >= 15 is 0 Å². The Hall–Kier alpha value is -1.30. The van der Waals surface area contributed by atoms with E-state index in [0.29, 0.717) is 6.42 Å². The molecule has 0 saturated heterocycles. The second-order valence-electron chi connectivity index (χ2n) is 3.36. The van der Waals surface area contributed by atoms with Crippen molar-refractivity contribution >= 4 is 5.97 Å². The summed E-state index contributed by atoms with van der Waals surface area (Å²) in [7, 11) is 1.40. The van der Waals surface area contributed by atoms with Crippen LogP contribution in [0.4, 0.5) is 0 Å². The molecule has 2 atom stereocenters. The van der Waals surface area contributed by atoms with E-state index in [2.05, 4.69) is 10.8 Å².